The summed E-state index contributed by atoms with van der Waals surface area (Å²) >= 11 is 1.35. The van der Waals surface area contributed by atoms with E-state index in [2.05, 4.69) is 24.4 Å². The van der Waals surface area contributed by atoms with Gasteiger partial charge in [0.25, 0.3) is 5.91 Å². The van der Waals surface area contributed by atoms with E-state index in [1.54, 1.807) is 0 Å². The zero-order valence-electron chi connectivity index (χ0n) is 19.7. The Morgan fingerprint density at radius 1 is 1.16 bits per heavy atom. The number of ether oxygens (including phenoxy) is 1. The third-order valence-corrected chi connectivity index (χ3v) is 5.17. The molecule has 1 aromatic carbocycles. The number of hydrogen-bond donors (Lipinski definition) is 2. The van der Waals surface area contributed by atoms with Crippen LogP contribution in [0.15, 0.2) is 35.2 Å². The van der Waals surface area contributed by atoms with Gasteiger partial charge in [-0.2, -0.15) is 0 Å². The Balaban J connectivity index is 0.00000282. The van der Waals surface area contributed by atoms with Crippen LogP contribution in [0.4, 0.5) is 0 Å². The summed E-state index contributed by atoms with van der Waals surface area (Å²) in [5, 5.41) is 2.75. The van der Waals surface area contributed by atoms with Crippen LogP contribution in [0.3, 0.4) is 0 Å². The molecule has 3 N–H and O–H groups in total. The average molecular weight is 452 g/mol. The highest BCUT2D eigenvalue weighted by Crippen LogP contribution is 2.18. The number of aryl methyl sites for hydroxylation is 1. The van der Waals surface area contributed by atoms with Crippen molar-refractivity contribution < 1.29 is 14.3 Å². The van der Waals surface area contributed by atoms with Gasteiger partial charge in [0.05, 0.1) is 11.5 Å². The topological polar surface area (TPSA) is 84.7 Å². The summed E-state index contributed by atoms with van der Waals surface area (Å²) in [5.41, 5.74) is 6.63. The molecule has 0 unspecified atom stereocenters. The lowest BCUT2D eigenvalue weighted by atomic mass is 10.1. The summed E-state index contributed by atoms with van der Waals surface area (Å²) < 4.78 is 5.79. The fourth-order valence-corrected chi connectivity index (χ4v) is 3.33. The molecule has 0 aromatic heterocycles. The van der Waals surface area contributed by atoms with Crippen LogP contribution in [0.25, 0.3) is 0 Å². The lowest BCUT2D eigenvalue weighted by Crippen LogP contribution is -2.34. The number of allylic oxidation sites excluding steroid dienone is 1. The maximum Gasteiger partial charge on any atom is 0.266 e. The number of carbonyl (C=O) groups is 2. The molecule has 0 saturated carbocycles. The molecule has 0 saturated heterocycles. The van der Waals surface area contributed by atoms with Crippen LogP contribution in [0.2, 0.25) is 0 Å². The van der Waals surface area contributed by atoms with Gasteiger partial charge in [0.15, 0.2) is 0 Å². The van der Waals surface area contributed by atoms with E-state index in [1.807, 2.05) is 38.6 Å². The minimum atomic E-state index is -0.282. The van der Waals surface area contributed by atoms with E-state index >= 15 is 0 Å². The van der Waals surface area contributed by atoms with Crippen LogP contribution in [0, 0.1) is 0 Å². The first-order valence-corrected chi connectivity index (χ1v) is 12.3. The number of rotatable bonds is 15. The minimum absolute atomic E-state index is 0.236. The smallest absolute Gasteiger partial charge is 0.266 e. The Kier molecular flexibility index (Phi) is 18.9. The predicted octanol–water partition coefficient (Wildman–Crippen LogP) is 3.99. The largest absolute Gasteiger partial charge is 0.494 e. The number of nitrogens with one attached hydrogen (secondary N) is 1. The van der Waals surface area contributed by atoms with Crippen molar-refractivity contribution in [3.63, 3.8) is 0 Å². The van der Waals surface area contributed by atoms with Gasteiger partial charge in [0.1, 0.15) is 5.75 Å². The summed E-state index contributed by atoms with van der Waals surface area (Å²) in [4.78, 5) is 25.0. The third kappa shape index (κ3) is 14.0. The van der Waals surface area contributed by atoms with Gasteiger partial charge in [-0.25, -0.2) is 0 Å². The molecule has 1 aromatic rings. The Morgan fingerprint density at radius 2 is 1.81 bits per heavy atom. The van der Waals surface area contributed by atoms with Crippen molar-refractivity contribution >= 4 is 24.1 Å². The normalized spacial score (nSPS) is 10.8. The van der Waals surface area contributed by atoms with Gasteiger partial charge in [-0.15, -0.1) is 11.8 Å². The molecule has 0 aliphatic carbocycles. The van der Waals surface area contributed by atoms with Gasteiger partial charge < -0.3 is 15.8 Å². The molecule has 6 nitrogen and oxygen atoms in total. The molecule has 7 heteroatoms. The number of benzene rings is 1. The van der Waals surface area contributed by atoms with Crippen molar-refractivity contribution in [1.82, 2.24) is 10.2 Å². The summed E-state index contributed by atoms with van der Waals surface area (Å²) in [6.07, 6.45) is 12.0. The second kappa shape index (κ2) is 20.1. The summed E-state index contributed by atoms with van der Waals surface area (Å²) in [6.45, 7) is 3.48. The van der Waals surface area contributed by atoms with Crippen molar-refractivity contribution in [2.75, 3.05) is 40.0 Å². The third-order valence-electron chi connectivity index (χ3n) is 4.39. The number of imide groups is 1. The molecule has 0 radical (unpaired) electrons. The minimum Gasteiger partial charge on any atom is -0.494 e. The summed E-state index contributed by atoms with van der Waals surface area (Å²) in [5.74, 6) is 0.619. The van der Waals surface area contributed by atoms with Crippen molar-refractivity contribution in [2.24, 2.45) is 5.73 Å². The Bertz CT molecular complexity index is 621. The fourth-order valence-electron chi connectivity index (χ4n) is 2.76. The number of nitrogens with two attached hydrogens (primary N) is 1. The molecular weight excluding hydrogens is 410 g/mol. The van der Waals surface area contributed by atoms with Crippen molar-refractivity contribution in [1.29, 1.82) is 0 Å². The number of unbranched alkanes of at least 4 members (excludes halogenated alkanes) is 4. The maximum atomic E-state index is 12.3. The van der Waals surface area contributed by atoms with Crippen LogP contribution < -0.4 is 15.8 Å². The molecule has 0 fully saturated rings. The summed E-state index contributed by atoms with van der Waals surface area (Å²) in [6, 6.07) is 8.13. The van der Waals surface area contributed by atoms with Gasteiger partial charge in [-0.3, -0.25) is 14.5 Å². The predicted molar refractivity (Wildman–Crippen MR) is 132 cm³/mol. The van der Waals surface area contributed by atoms with Gasteiger partial charge in [-0.1, -0.05) is 50.8 Å². The van der Waals surface area contributed by atoms with E-state index < -0.39 is 0 Å². The quantitative estimate of drug-likeness (QED) is 0.238. The SMILES string of the molecule is CCCCCCCOc1ccc(CC/C=C(\SC)C(=O)N(C=O)CCN)cc1.CNC. The molecule has 0 aliphatic heterocycles. The van der Waals surface area contributed by atoms with Crippen LogP contribution in [-0.4, -0.2) is 57.3 Å². The first kappa shape index (κ1) is 29.2. The van der Waals surface area contributed by atoms with Crippen LogP contribution in [0.5, 0.6) is 5.75 Å². The molecule has 2 amide bonds. The number of carbonyl (C=O) groups excluding carboxylic acids is 2. The average Bonchev–Trinajstić information content (AvgIpc) is 2.78. The Labute approximate surface area is 193 Å². The number of hydrogen-bond acceptors (Lipinski definition) is 6. The highest BCUT2D eigenvalue weighted by Gasteiger charge is 2.16. The van der Waals surface area contributed by atoms with E-state index in [0.29, 0.717) is 11.3 Å². The molecule has 31 heavy (non-hydrogen) atoms. The second-order valence-electron chi connectivity index (χ2n) is 7.11. The molecule has 0 heterocycles. The molecule has 0 atom stereocenters. The van der Waals surface area contributed by atoms with Crippen molar-refractivity contribution in [3.05, 3.63) is 40.8 Å². The van der Waals surface area contributed by atoms with Crippen molar-refractivity contribution in [2.45, 2.75) is 51.9 Å². The van der Waals surface area contributed by atoms with Gasteiger partial charge >= 0.3 is 0 Å². The van der Waals surface area contributed by atoms with E-state index in [0.717, 1.165) is 36.5 Å². The first-order chi connectivity index (χ1) is 15.1. The highest BCUT2D eigenvalue weighted by atomic mass is 32.2. The lowest BCUT2D eigenvalue weighted by molar-refractivity contribution is -0.134. The number of thioether (sulfide) groups is 1. The molecule has 1 rings (SSSR count). The zero-order chi connectivity index (χ0) is 23.3. The molecular formula is C24H41N3O3S. The van der Waals surface area contributed by atoms with Gasteiger partial charge in [0.2, 0.25) is 6.41 Å². The first-order valence-electron chi connectivity index (χ1n) is 11.1. The van der Waals surface area contributed by atoms with Crippen LogP contribution in [-0.2, 0) is 16.0 Å². The molecule has 176 valence electrons. The fraction of sp³-hybridized carbons (Fsp3) is 0.583. The number of amides is 2. The molecule has 0 aliphatic rings. The molecule has 0 spiro atoms. The van der Waals surface area contributed by atoms with E-state index in [9.17, 15) is 9.59 Å². The molecule has 0 bridgehead atoms. The van der Waals surface area contributed by atoms with E-state index in [1.165, 1.54) is 43.0 Å². The Hall–Kier alpha value is -1.83. The summed E-state index contributed by atoms with van der Waals surface area (Å²) in [7, 11) is 3.75. The van der Waals surface area contributed by atoms with E-state index in [4.69, 9.17) is 10.5 Å². The number of nitrogens with zero attached hydrogens (tertiary/aromatic N) is 1. The van der Waals surface area contributed by atoms with Gasteiger partial charge in [-0.05, 0) is 57.3 Å². The zero-order valence-corrected chi connectivity index (χ0v) is 20.5. The van der Waals surface area contributed by atoms with E-state index in [-0.39, 0.29) is 19.0 Å². The highest BCUT2D eigenvalue weighted by molar-refractivity contribution is 8.03. The van der Waals surface area contributed by atoms with Gasteiger partial charge in [0, 0.05) is 13.1 Å². The monoisotopic (exact) mass is 451 g/mol. The van der Waals surface area contributed by atoms with Crippen LogP contribution >= 0.6 is 11.8 Å². The second-order valence-corrected chi connectivity index (χ2v) is 7.96. The van der Waals surface area contributed by atoms with Crippen molar-refractivity contribution in [3.8, 4) is 5.75 Å². The van der Waals surface area contributed by atoms with Crippen LogP contribution in [0.1, 0.15) is 51.0 Å². The lowest BCUT2D eigenvalue weighted by Gasteiger charge is -2.15. The Morgan fingerprint density at radius 3 is 2.35 bits per heavy atom. The maximum absolute atomic E-state index is 12.3. The standard InChI is InChI=1S/C22H34N2O3S.C2H7N/c1-3-4-5-6-7-17-27-20-13-11-19(12-14-20)9-8-10-21(28-2)22(26)24(18-25)16-15-23;1-3-2/h10-14,18H,3-9,15-17,23H2,1-2H3;3H,1-2H3/b21-10-;.